The van der Waals surface area contributed by atoms with Crippen LogP contribution in [0.2, 0.25) is 0 Å². The van der Waals surface area contributed by atoms with Crippen LogP contribution in [0.4, 0.5) is 26.1 Å². The maximum atomic E-state index is 13.8. The molecule has 0 spiro atoms. The van der Waals surface area contributed by atoms with Crippen LogP contribution in [0.25, 0.3) is 0 Å². The quantitative estimate of drug-likeness (QED) is 0.715. The van der Waals surface area contributed by atoms with Crippen molar-refractivity contribution in [2.24, 2.45) is 0 Å². The van der Waals surface area contributed by atoms with E-state index in [1.165, 1.54) is 49.5 Å². The molecular weight excluding hydrogens is 322 g/mol. The van der Waals surface area contributed by atoms with E-state index in [0.29, 0.717) is 17.5 Å². The molecule has 0 aliphatic heterocycles. The van der Waals surface area contributed by atoms with Crippen molar-refractivity contribution >= 4 is 17.3 Å². The maximum Gasteiger partial charge on any atom is 0.149 e. The van der Waals surface area contributed by atoms with Gasteiger partial charge < -0.3 is 10.6 Å². The lowest BCUT2D eigenvalue weighted by Gasteiger charge is -2.14. The fourth-order valence-electron chi connectivity index (χ4n) is 2.95. The van der Waals surface area contributed by atoms with E-state index >= 15 is 0 Å². The van der Waals surface area contributed by atoms with Crippen molar-refractivity contribution in [2.75, 3.05) is 17.2 Å². The van der Waals surface area contributed by atoms with E-state index in [0.717, 1.165) is 13.0 Å². The SMILES string of the molecule is Cc1nc(NCCC2=CCCCC2)cc(Nc2c(F)cccc2F)n1. The second-order valence-corrected chi connectivity index (χ2v) is 6.19. The summed E-state index contributed by atoms with van der Waals surface area (Å²) in [5, 5.41) is 5.98. The van der Waals surface area contributed by atoms with Crippen LogP contribution in [0.1, 0.15) is 37.9 Å². The smallest absolute Gasteiger partial charge is 0.149 e. The summed E-state index contributed by atoms with van der Waals surface area (Å²) in [5.74, 6) is 0.213. The van der Waals surface area contributed by atoms with Crippen LogP contribution in [-0.2, 0) is 0 Å². The minimum Gasteiger partial charge on any atom is -0.370 e. The van der Waals surface area contributed by atoms with Crippen LogP contribution < -0.4 is 10.6 Å². The zero-order valence-electron chi connectivity index (χ0n) is 14.3. The van der Waals surface area contributed by atoms with E-state index in [1.807, 2.05) is 0 Å². The van der Waals surface area contributed by atoms with Gasteiger partial charge >= 0.3 is 0 Å². The second-order valence-electron chi connectivity index (χ2n) is 6.19. The zero-order chi connectivity index (χ0) is 17.6. The Morgan fingerprint density at radius 3 is 2.56 bits per heavy atom. The van der Waals surface area contributed by atoms with Gasteiger partial charge in [0.05, 0.1) is 0 Å². The fourth-order valence-corrected chi connectivity index (χ4v) is 2.95. The van der Waals surface area contributed by atoms with Crippen LogP contribution in [-0.4, -0.2) is 16.5 Å². The molecule has 1 heterocycles. The number of allylic oxidation sites excluding steroid dienone is 1. The minimum absolute atomic E-state index is 0.209. The van der Waals surface area contributed by atoms with Gasteiger partial charge in [0.2, 0.25) is 0 Å². The van der Waals surface area contributed by atoms with Crippen LogP contribution in [0, 0.1) is 18.6 Å². The first-order valence-corrected chi connectivity index (χ1v) is 8.60. The molecule has 2 aromatic rings. The third-order valence-electron chi connectivity index (χ3n) is 4.19. The lowest BCUT2D eigenvalue weighted by molar-refractivity contribution is 0.590. The van der Waals surface area contributed by atoms with Crippen molar-refractivity contribution in [3.63, 3.8) is 0 Å². The highest BCUT2D eigenvalue weighted by atomic mass is 19.1. The monoisotopic (exact) mass is 344 g/mol. The summed E-state index contributed by atoms with van der Waals surface area (Å²) in [5.41, 5.74) is 1.27. The molecule has 0 saturated carbocycles. The van der Waals surface area contributed by atoms with Gasteiger partial charge in [-0.2, -0.15) is 0 Å². The Morgan fingerprint density at radius 1 is 1.08 bits per heavy atom. The Labute approximate surface area is 146 Å². The number of anilines is 3. The number of benzene rings is 1. The molecule has 0 bridgehead atoms. The molecule has 3 rings (SSSR count). The number of rotatable bonds is 6. The normalized spacial score (nSPS) is 14.1. The lowest BCUT2D eigenvalue weighted by Crippen LogP contribution is -2.08. The predicted octanol–water partition coefficient (Wildman–Crippen LogP) is 5.11. The summed E-state index contributed by atoms with van der Waals surface area (Å²) >= 11 is 0. The molecular formula is C19H22F2N4. The van der Waals surface area contributed by atoms with Crippen LogP contribution >= 0.6 is 0 Å². The fraction of sp³-hybridized carbons (Fsp3) is 0.368. The third-order valence-corrected chi connectivity index (χ3v) is 4.19. The van der Waals surface area contributed by atoms with Crippen molar-refractivity contribution in [2.45, 2.75) is 39.0 Å². The molecule has 1 aliphatic carbocycles. The molecule has 2 N–H and O–H groups in total. The number of hydrogen-bond donors (Lipinski definition) is 2. The first kappa shape index (κ1) is 17.3. The largest absolute Gasteiger partial charge is 0.370 e. The molecule has 0 saturated heterocycles. The van der Waals surface area contributed by atoms with E-state index in [1.54, 1.807) is 13.0 Å². The standard InChI is InChI=1S/C19H22F2N4/c1-13-23-17(22-11-10-14-6-3-2-4-7-14)12-18(24-13)25-19-15(20)8-5-9-16(19)21/h5-6,8-9,12H,2-4,7,10-11H2,1H3,(H2,22,23,24,25). The highest BCUT2D eigenvalue weighted by Gasteiger charge is 2.10. The first-order valence-electron chi connectivity index (χ1n) is 8.60. The Balaban J connectivity index is 1.67. The molecule has 1 aliphatic rings. The summed E-state index contributed by atoms with van der Waals surface area (Å²) in [4.78, 5) is 8.54. The summed E-state index contributed by atoms with van der Waals surface area (Å²) in [6, 6.07) is 5.40. The van der Waals surface area contributed by atoms with Gasteiger partial charge in [-0.1, -0.05) is 17.7 Å². The van der Waals surface area contributed by atoms with Crippen molar-refractivity contribution < 1.29 is 8.78 Å². The third kappa shape index (κ3) is 4.75. The van der Waals surface area contributed by atoms with Gasteiger partial charge in [-0.3, -0.25) is 0 Å². The van der Waals surface area contributed by atoms with E-state index in [4.69, 9.17) is 0 Å². The molecule has 0 unspecified atom stereocenters. The van der Waals surface area contributed by atoms with E-state index < -0.39 is 11.6 Å². The van der Waals surface area contributed by atoms with Crippen LogP contribution in [0.15, 0.2) is 35.9 Å². The molecule has 0 atom stereocenters. The van der Waals surface area contributed by atoms with Gasteiger partial charge in [0.25, 0.3) is 0 Å². The number of para-hydroxylation sites is 1. The number of hydrogen-bond acceptors (Lipinski definition) is 4. The number of aromatic nitrogens is 2. The van der Waals surface area contributed by atoms with Gasteiger partial charge in [-0.05, 0) is 51.2 Å². The van der Waals surface area contributed by atoms with Crippen LogP contribution in [0.3, 0.4) is 0 Å². The summed E-state index contributed by atoms with van der Waals surface area (Å²) < 4.78 is 27.6. The number of aryl methyl sites for hydroxylation is 1. The Morgan fingerprint density at radius 2 is 1.84 bits per heavy atom. The van der Waals surface area contributed by atoms with Crippen molar-refractivity contribution in [1.82, 2.24) is 9.97 Å². The first-order chi connectivity index (χ1) is 12.1. The number of halogens is 2. The Bertz CT molecular complexity index is 754. The van der Waals surface area contributed by atoms with Gasteiger partial charge in [0, 0.05) is 12.6 Å². The Hall–Kier alpha value is -2.50. The molecule has 0 radical (unpaired) electrons. The van der Waals surface area contributed by atoms with Crippen molar-refractivity contribution in [3.05, 3.63) is 53.4 Å². The molecule has 6 heteroatoms. The van der Waals surface area contributed by atoms with Crippen molar-refractivity contribution in [1.29, 1.82) is 0 Å². The van der Waals surface area contributed by atoms with Gasteiger partial charge in [0.1, 0.15) is 34.8 Å². The van der Waals surface area contributed by atoms with E-state index in [9.17, 15) is 8.78 Å². The molecule has 1 aromatic heterocycles. The number of nitrogens with one attached hydrogen (secondary N) is 2. The molecule has 25 heavy (non-hydrogen) atoms. The Kier molecular flexibility index (Phi) is 5.58. The van der Waals surface area contributed by atoms with Gasteiger partial charge in [-0.15, -0.1) is 0 Å². The van der Waals surface area contributed by atoms with Gasteiger partial charge in [0.15, 0.2) is 0 Å². The topological polar surface area (TPSA) is 49.8 Å². The zero-order valence-corrected chi connectivity index (χ0v) is 14.3. The summed E-state index contributed by atoms with van der Waals surface area (Å²) in [7, 11) is 0. The van der Waals surface area contributed by atoms with Crippen molar-refractivity contribution in [3.8, 4) is 0 Å². The predicted molar refractivity (Wildman–Crippen MR) is 96.1 cm³/mol. The molecule has 4 nitrogen and oxygen atoms in total. The van der Waals surface area contributed by atoms with E-state index in [2.05, 4.69) is 26.7 Å². The second kappa shape index (κ2) is 8.05. The molecule has 1 aromatic carbocycles. The van der Waals surface area contributed by atoms with E-state index in [-0.39, 0.29) is 5.69 Å². The molecule has 0 fully saturated rings. The summed E-state index contributed by atoms with van der Waals surface area (Å²) in [6.45, 7) is 2.52. The molecule has 132 valence electrons. The minimum atomic E-state index is -0.657. The average molecular weight is 344 g/mol. The maximum absolute atomic E-state index is 13.8. The highest BCUT2D eigenvalue weighted by molar-refractivity contribution is 5.60. The summed E-state index contributed by atoms with van der Waals surface area (Å²) in [6.07, 6.45) is 8.19. The number of nitrogens with zero attached hydrogens (tertiary/aromatic N) is 2. The van der Waals surface area contributed by atoms with Gasteiger partial charge in [-0.25, -0.2) is 18.7 Å². The molecule has 0 amide bonds. The lowest BCUT2D eigenvalue weighted by atomic mass is 9.97. The highest BCUT2D eigenvalue weighted by Crippen LogP contribution is 2.24. The average Bonchev–Trinajstić information content (AvgIpc) is 2.59. The van der Waals surface area contributed by atoms with Crippen LogP contribution in [0.5, 0.6) is 0 Å².